The number of thioether (sulfide) groups is 1. The molecule has 0 unspecified atom stereocenters. The fourth-order valence-electron chi connectivity index (χ4n) is 2.84. The molecule has 3 aromatic rings. The molecule has 1 aromatic heterocycles. The van der Waals surface area contributed by atoms with Gasteiger partial charge in [0.05, 0.1) is 29.1 Å². The number of rotatable bonds is 3. The summed E-state index contributed by atoms with van der Waals surface area (Å²) < 4.78 is 13.0. The van der Waals surface area contributed by atoms with Crippen LogP contribution in [0.25, 0.3) is 10.9 Å². The zero-order valence-electron chi connectivity index (χ0n) is 14.2. The third-order valence-corrected chi connectivity index (χ3v) is 5.55. The number of para-hydroxylation sites is 1. The molecule has 0 atom stereocenters. The Bertz CT molecular complexity index is 1040. The van der Waals surface area contributed by atoms with Gasteiger partial charge in [0, 0.05) is 19.2 Å². The van der Waals surface area contributed by atoms with Gasteiger partial charge in [-0.15, -0.1) is 0 Å². The summed E-state index contributed by atoms with van der Waals surface area (Å²) in [6.45, 7) is 1.21. The van der Waals surface area contributed by atoms with E-state index < -0.39 is 0 Å². The minimum Gasteiger partial charge on any atom is -0.489 e. The van der Waals surface area contributed by atoms with Crippen LogP contribution in [-0.2, 0) is 12.8 Å². The summed E-state index contributed by atoms with van der Waals surface area (Å²) in [4.78, 5) is 17.1. The second-order valence-corrected chi connectivity index (χ2v) is 7.37. The highest BCUT2D eigenvalue weighted by Crippen LogP contribution is 2.39. The van der Waals surface area contributed by atoms with Crippen molar-refractivity contribution in [2.75, 3.05) is 13.2 Å². The first-order valence-corrected chi connectivity index (χ1v) is 9.66. The minimum absolute atomic E-state index is 0.0465. The summed E-state index contributed by atoms with van der Waals surface area (Å²) in [5, 5.41) is 1.83. The van der Waals surface area contributed by atoms with E-state index >= 15 is 0 Å². The van der Waals surface area contributed by atoms with Crippen molar-refractivity contribution >= 4 is 34.3 Å². The summed E-state index contributed by atoms with van der Waals surface area (Å²) >= 11 is 7.84. The van der Waals surface area contributed by atoms with Crippen molar-refractivity contribution in [3.05, 3.63) is 57.3 Å². The maximum atomic E-state index is 12.5. The molecule has 1 aliphatic rings. The van der Waals surface area contributed by atoms with Crippen molar-refractivity contribution < 1.29 is 9.47 Å². The van der Waals surface area contributed by atoms with Gasteiger partial charge in [-0.2, -0.15) is 0 Å². The normalized spacial score (nSPS) is 13.6. The molecule has 0 spiro atoms. The van der Waals surface area contributed by atoms with Crippen molar-refractivity contribution in [3.63, 3.8) is 0 Å². The zero-order chi connectivity index (χ0) is 18.1. The lowest BCUT2D eigenvalue weighted by molar-refractivity contribution is 0.297. The fraction of sp³-hybridized carbons (Fsp3) is 0.263. The Kier molecular flexibility index (Phi) is 4.78. The number of aromatic nitrogens is 2. The summed E-state index contributed by atoms with van der Waals surface area (Å²) in [5.41, 5.74) is 1.65. The summed E-state index contributed by atoms with van der Waals surface area (Å²) in [6, 6.07) is 11.2. The first-order valence-electron chi connectivity index (χ1n) is 8.30. The fourth-order valence-corrected chi connectivity index (χ4v) is 4.03. The van der Waals surface area contributed by atoms with Gasteiger partial charge in [0.1, 0.15) is 0 Å². The number of ether oxygens (including phenoxy) is 2. The van der Waals surface area contributed by atoms with E-state index in [9.17, 15) is 4.79 Å². The molecule has 0 N–H and O–H groups in total. The van der Waals surface area contributed by atoms with E-state index in [1.165, 1.54) is 11.8 Å². The largest absolute Gasteiger partial charge is 0.489 e. The lowest BCUT2D eigenvalue weighted by Crippen LogP contribution is -2.19. The van der Waals surface area contributed by atoms with Gasteiger partial charge >= 0.3 is 0 Å². The van der Waals surface area contributed by atoms with Gasteiger partial charge in [-0.1, -0.05) is 35.5 Å². The molecule has 5 nitrogen and oxygen atoms in total. The molecular formula is C19H17ClN2O3S. The van der Waals surface area contributed by atoms with Crippen LogP contribution in [0.4, 0.5) is 0 Å². The second-order valence-electron chi connectivity index (χ2n) is 6.02. The van der Waals surface area contributed by atoms with Gasteiger partial charge in [-0.05, 0) is 29.8 Å². The van der Waals surface area contributed by atoms with Crippen molar-refractivity contribution in [3.8, 4) is 11.5 Å². The third-order valence-electron chi connectivity index (χ3n) is 4.17. The van der Waals surface area contributed by atoms with Crippen LogP contribution in [0.5, 0.6) is 11.5 Å². The highest BCUT2D eigenvalue weighted by atomic mass is 35.5. The molecule has 134 valence electrons. The maximum Gasteiger partial charge on any atom is 0.261 e. The molecule has 0 bridgehead atoms. The topological polar surface area (TPSA) is 53.4 Å². The Balaban J connectivity index is 1.63. The van der Waals surface area contributed by atoms with Crippen LogP contribution in [0.3, 0.4) is 0 Å². The van der Waals surface area contributed by atoms with Crippen LogP contribution in [-0.4, -0.2) is 22.8 Å². The van der Waals surface area contributed by atoms with E-state index in [2.05, 4.69) is 4.98 Å². The number of hydrogen-bond donors (Lipinski definition) is 0. The Morgan fingerprint density at radius 1 is 1.23 bits per heavy atom. The molecule has 2 aromatic carbocycles. The molecule has 26 heavy (non-hydrogen) atoms. The van der Waals surface area contributed by atoms with Gasteiger partial charge < -0.3 is 9.47 Å². The maximum absolute atomic E-state index is 12.5. The molecule has 0 fully saturated rings. The summed E-state index contributed by atoms with van der Waals surface area (Å²) in [6.07, 6.45) is 0.832. The molecule has 2 heterocycles. The van der Waals surface area contributed by atoms with E-state index in [0.29, 0.717) is 51.5 Å². The number of hydrogen-bond acceptors (Lipinski definition) is 5. The first-order chi connectivity index (χ1) is 12.6. The molecular weight excluding hydrogens is 372 g/mol. The summed E-state index contributed by atoms with van der Waals surface area (Å²) in [7, 11) is 1.74. The molecule has 0 radical (unpaired) electrons. The predicted octanol–water partition coefficient (Wildman–Crippen LogP) is 4.04. The quantitative estimate of drug-likeness (QED) is 0.500. The Morgan fingerprint density at radius 3 is 2.92 bits per heavy atom. The highest BCUT2D eigenvalue weighted by molar-refractivity contribution is 7.98. The standard InChI is InChI=1S/C19H17ClN2O3S/c1-22-18(23)13-5-2-3-6-15(13)21-19(22)26-11-12-9-14(20)17-16(10-12)24-7-4-8-25-17/h2-3,5-6,9-10H,4,7-8,11H2,1H3. The van der Waals surface area contributed by atoms with Crippen LogP contribution in [0.1, 0.15) is 12.0 Å². The lowest BCUT2D eigenvalue weighted by atomic mass is 10.2. The van der Waals surface area contributed by atoms with E-state index in [0.717, 1.165) is 12.0 Å². The Morgan fingerprint density at radius 2 is 2.04 bits per heavy atom. The average molecular weight is 389 g/mol. The Labute approximate surface area is 159 Å². The smallest absolute Gasteiger partial charge is 0.261 e. The molecule has 4 rings (SSSR count). The van der Waals surface area contributed by atoms with Gasteiger partial charge in [-0.25, -0.2) is 4.98 Å². The molecule has 0 saturated carbocycles. The van der Waals surface area contributed by atoms with Crippen molar-refractivity contribution in [1.82, 2.24) is 9.55 Å². The van der Waals surface area contributed by atoms with Crippen LogP contribution in [0.15, 0.2) is 46.3 Å². The molecule has 0 amide bonds. The Hall–Kier alpha value is -2.18. The average Bonchev–Trinajstić information content (AvgIpc) is 2.89. The number of benzene rings is 2. The SMILES string of the molecule is Cn1c(SCc2cc(Cl)c3c(c2)OCCCO3)nc2ccccc2c1=O. The molecule has 1 aliphatic heterocycles. The van der Waals surface area contributed by atoms with Crippen molar-refractivity contribution in [1.29, 1.82) is 0 Å². The van der Waals surface area contributed by atoms with Gasteiger partial charge in [0.15, 0.2) is 16.7 Å². The third kappa shape index (κ3) is 3.27. The van der Waals surface area contributed by atoms with E-state index in [1.54, 1.807) is 17.7 Å². The van der Waals surface area contributed by atoms with E-state index in [1.807, 2.05) is 30.3 Å². The summed E-state index contributed by atoms with van der Waals surface area (Å²) in [5.74, 6) is 1.90. The minimum atomic E-state index is -0.0465. The van der Waals surface area contributed by atoms with Crippen molar-refractivity contribution in [2.24, 2.45) is 7.05 Å². The van der Waals surface area contributed by atoms with Crippen molar-refractivity contribution in [2.45, 2.75) is 17.3 Å². The van der Waals surface area contributed by atoms with Crippen LogP contribution in [0.2, 0.25) is 5.02 Å². The number of nitrogens with zero attached hydrogens (tertiary/aromatic N) is 2. The van der Waals surface area contributed by atoms with Crippen LogP contribution < -0.4 is 15.0 Å². The monoisotopic (exact) mass is 388 g/mol. The molecule has 0 aliphatic carbocycles. The van der Waals surface area contributed by atoms with Gasteiger partial charge in [-0.3, -0.25) is 9.36 Å². The predicted molar refractivity (Wildman–Crippen MR) is 104 cm³/mol. The van der Waals surface area contributed by atoms with E-state index in [4.69, 9.17) is 21.1 Å². The molecule has 0 saturated heterocycles. The second kappa shape index (κ2) is 7.21. The molecule has 7 heteroatoms. The van der Waals surface area contributed by atoms with E-state index in [-0.39, 0.29) is 5.56 Å². The number of halogens is 1. The highest BCUT2D eigenvalue weighted by Gasteiger charge is 2.16. The number of fused-ring (bicyclic) bond motifs is 2. The van der Waals surface area contributed by atoms with Gasteiger partial charge in [0.2, 0.25) is 0 Å². The lowest BCUT2D eigenvalue weighted by Gasteiger charge is -2.12. The van der Waals surface area contributed by atoms with Gasteiger partial charge in [0.25, 0.3) is 5.56 Å². The first kappa shape index (κ1) is 17.2. The van der Waals surface area contributed by atoms with Crippen LogP contribution >= 0.6 is 23.4 Å². The van der Waals surface area contributed by atoms with Crippen LogP contribution in [0, 0.1) is 0 Å². The zero-order valence-corrected chi connectivity index (χ0v) is 15.8.